The van der Waals surface area contributed by atoms with Gasteiger partial charge in [0.1, 0.15) is 0 Å². The Balaban J connectivity index is 3.33. The Labute approximate surface area is 136 Å². The number of carbonyl (C=O) groups is 1. The van der Waals surface area contributed by atoms with Crippen molar-refractivity contribution in [2.24, 2.45) is 0 Å². The minimum atomic E-state index is -7.70. The maximum absolute atomic E-state index is 13.6. The number of hydrogen-bond donors (Lipinski definition) is 0. The van der Waals surface area contributed by atoms with Gasteiger partial charge in [0.2, 0.25) is 0 Å². The van der Waals surface area contributed by atoms with Crippen LogP contribution in [0.2, 0.25) is 0 Å². The molecule has 0 atom stereocenters. The standard InChI is InChI=1S/C11H9F12NO2/c12-5(13)7(14,15)9(18,19)11(22,23)10(20,21)8(16,17)6(25)24-1-3-26-4-2-24/h5H,1-4H2. The molecule has 1 aliphatic rings. The number of nitrogens with zero attached hydrogens (tertiary/aromatic N) is 1. The van der Waals surface area contributed by atoms with Crippen LogP contribution >= 0.6 is 0 Å². The van der Waals surface area contributed by atoms with Crippen LogP contribution in [0.25, 0.3) is 0 Å². The van der Waals surface area contributed by atoms with Crippen LogP contribution in [0, 0.1) is 0 Å². The lowest BCUT2D eigenvalue weighted by atomic mass is 9.93. The molecule has 0 bridgehead atoms. The van der Waals surface area contributed by atoms with Crippen molar-refractivity contribution in [3.63, 3.8) is 0 Å². The highest BCUT2D eigenvalue weighted by atomic mass is 19.4. The Bertz CT molecular complexity index is 529. The van der Waals surface area contributed by atoms with Gasteiger partial charge in [-0.3, -0.25) is 4.79 Å². The van der Waals surface area contributed by atoms with Crippen molar-refractivity contribution in [2.75, 3.05) is 26.3 Å². The quantitative estimate of drug-likeness (QED) is 0.624. The van der Waals surface area contributed by atoms with E-state index in [0.29, 0.717) is 0 Å². The second-order valence-electron chi connectivity index (χ2n) is 5.13. The summed E-state index contributed by atoms with van der Waals surface area (Å²) in [7, 11) is 0. The SMILES string of the molecule is O=C(N1CCOCC1)C(F)(F)C(F)(F)C(F)(F)C(F)(F)C(F)(F)C(F)F. The summed E-state index contributed by atoms with van der Waals surface area (Å²) in [6, 6.07) is 0. The second-order valence-corrected chi connectivity index (χ2v) is 5.13. The fraction of sp³-hybridized carbons (Fsp3) is 0.909. The lowest BCUT2D eigenvalue weighted by Gasteiger charge is -2.40. The molecule has 154 valence electrons. The summed E-state index contributed by atoms with van der Waals surface area (Å²) in [5.74, 6) is -39.5. The largest absolute Gasteiger partial charge is 0.392 e. The summed E-state index contributed by atoms with van der Waals surface area (Å²) in [4.78, 5) is 11.2. The number of carbonyl (C=O) groups excluding carboxylic acids is 1. The predicted molar refractivity (Wildman–Crippen MR) is 58.1 cm³/mol. The molecule has 3 nitrogen and oxygen atoms in total. The molecule has 1 rings (SSSR count). The van der Waals surface area contributed by atoms with Crippen molar-refractivity contribution < 1.29 is 62.2 Å². The minimum Gasteiger partial charge on any atom is -0.378 e. The Morgan fingerprint density at radius 2 is 1.19 bits per heavy atom. The van der Waals surface area contributed by atoms with E-state index in [1.165, 1.54) is 0 Å². The van der Waals surface area contributed by atoms with Crippen LogP contribution in [-0.2, 0) is 9.53 Å². The van der Waals surface area contributed by atoms with E-state index in [0.717, 1.165) is 0 Å². The van der Waals surface area contributed by atoms with E-state index in [4.69, 9.17) is 0 Å². The van der Waals surface area contributed by atoms with Crippen LogP contribution in [0.15, 0.2) is 0 Å². The summed E-state index contributed by atoms with van der Waals surface area (Å²) in [6.07, 6.45) is -5.58. The maximum Gasteiger partial charge on any atom is 0.392 e. The molecule has 1 saturated heterocycles. The van der Waals surface area contributed by atoms with E-state index in [1.807, 2.05) is 0 Å². The highest BCUT2D eigenvalue weighted by Crippen LogP contribution is 2.58. The Morgan fingerprint density at radius 1 is 0.769 bits per heavy atom. The Hall–Kier alpha value is -1.41. The van der Waals surface area contributed by atoms with Crippen LogP contribution < -0.4 is 0 Å². The first kappa shape index (κ1) is 22.6. The molecule has 1 amide bonds. The molecule has 0 aromatic carbocycles. The monoisotopic (exact) mass is 415 g/mol. The molecule has 1 aliphatic heterocycles. The molecule has 15 heteroatoms. The molecule has 0 aromatic rings. The molecule has 0 unspecified atom stereocenters. The van der Waals surface area contributed by atoms with Gasteiger partial charge in [0.15, 0.2) is 0 Å². The van der Waals surface area contributed by atoms with Crippen molar-refractivity contribution in [3.05, 3.63) is 0 Å². The highest BCUT2D eigenvalue weighted by Gasteiger charge is 2.89. The van der Waals surface area contributed by atoms with Crippen LogP contribution in [-0.4, -0.2) is 73.1 Å². The van der Waals surface area contributed by atoms with Crippen LogP contribution in [0.1, 0.15) is 0 Å². The highest BCUT2D eigenvalue weighted by molar-refractivity contribution is 5.85. The maximum atomic E-state index is 13.6. The van der Waals surface area contributed by atoms with Crippen molar-refractivity contribution in [1.29, 1.82) is 0 Å². The lowest BCUT2D eigenvalue weighted by molar-refractivity contribution is -0.407. The zero-order valence-electron chi connectivity index (χ0n) is 12.2. The second kappa shape index (κ2) is 6.64. The van der Waals surface area contributed by atoms with Gasteiger partial charge in [-0.25, -0.2) is 8.78 Å². The van der Waals surface area contributed by atoms with Gasteiger partial charge < -0.3 is 9.64 Å². The van der Waals surface area contributed by atoms with E-state index in [9.17, 15) is 57.5 Å². The average molecular weight is 415 g/mol. The molecule has 0 spiro atoms. The van der Waals surface area contributed by atoms with E-state index in [2.05, 4.69) is 4.74 Å². The summed E-state index contributed by atoms with van der Waals surface area (Å²) in [5.41, 5.74) is 0. The molecule has 26 heavy (non-hydrogen) atoms. The Kier molecular flexibility index (Phi) is 5.78. The smallest absolute Gasteiger partial charge is 0.378 e. The molecule has 0 N–H and O–H groups in total. The van der Waals surface area contributed by atoms with Gasteiger partial charge in [0, 0.05) is 13.1 Å². The number of ether oxygens (including phenoxy) is 1. The summed E-state index contributed by atoms with van der Waals surface area (Å²) in [6.45, 7) is -2.58. The molecular weight excluding hydrogens is 406 g/mol. The normalized spacial score (nSPS) is 18.4. The summed E-state index contributed by atoms with van der Waals surface area (Å²) in [5, 5.41) is 0. The molecule has 1 heterocycles. The van der Waals surface area contributed by atoms with Gasteiger partial charge in [0.05, 0.1) is 13.2 Å². The Morgan fingerprint density at radius 3 is 1.58 bits per heavy atom. The van der Waals surface area contributed by atoms with Gasteiger partial charge in [-0.15, -0.1) is 0 Å². The molecule has 0 aliphatic carbocycles. The molecule has 1 fully saturated rings. The third-order valence-corrected chi connectivity index (χ3v) is 3.44. The first-order valence-corrected chi connectivity index (χ1v) is 6.50. The van der Waals surface area contributed by atoms with Crippen molar-refractivity contribution >= 4 is 5.91 Å². The molecule has 0 saturated carbocycles. The van der Waals surface area contributed by atoms with Crippen molar-refractivity contribution in [3.8, 4) is 0 Å². The topological polar surface area (TPSA) is 29.5 Å². The zero-order valence-corrected chi connectivity index (χ0v) is 12.2. The molecular formula is C11H9F12NO2. The first-order chi connectivity index (χ1) is 11.5. The number of rotatable bonds is 6. The average Bonchev–Trinajstić information content (AvgIpc) is 2.53. The zero-order chi connectivity index (χ0) is 20.8. The fourth-order valence-electron chi connectivity index (χ4n) is 1.84. The number of hydrogen-bond acceptors (Lipinski definition) is 2. The van der Waals surface area contributed by atoms with Gasteiger partial charge >= 0.3 is 36.0 Å². The van der Waals surface area contributed by atoms with Gasteiger partial charge in [0.25, 0.3) is 5.91 Å². The van der Waals surface area contributed by atoms with Crippen molar-refractivity contribution in [1.82, 2.24) is 4.90 Å². The summed E-state index contributed by atoms with van der Waals surface area (Å²) < 4.78 is 160. The van der Waals surface area contributed by atoms with Crippen LogP contribution in [0.5, 0.6) is 0 Å². The van der Waals surface area contributed by atoms with Crippen molar-refractivity contribution in [2.45, 2.75) is 36.0 Å². The summed E-state index contributed by atoms with van der Waals surface area (Å²) >= 11 is 0. The van der Waals surface area contributed by atoms with E-state index >= 15 is 0 Å². The van der Waals surface area contributed by atoms with Gasteiger partial charge in [-0.05, 0) is 0 Å². The van der Waals surface area contributed by atoms with E-state index < -0.39 is 68.2 Å². The number of morpholine rings is 1. The van der Waals surface area contributed by atoms with Gasteiger partial charge in [-0.2, -0.15) is 43.9 Å². The lowest BCUT2D eigenvalue weighted by Crippen LogP contribution is -2.71. The van der Waals surface area contributed by atoms with Crippen LogP contribution in [0.4, 0.5) is 52.7 Å². The number of alkyl halides is 12. The fourth-order valence-corrected chi connectivity index (χ4v) is 1.84. The molecule has 0 radical (unpaired) electrons. The minimum absolute atomic E-state index is 0.142. The van der Waals surface area contributed by atoms with Crippen LogP contribution in [0.3, 0.4) is 0 Å². The first-order valence-electron chi connectivity index (χ1n) is 6.50. The third-order valence-electron chi connectivity index (χ3n) is 3.44. The number of halogens is 12. The van der Waals surface area contributed by atoms with E-state index in [1.54, 1.807) is 0 Å². The van der Waals surface area contributed by atoms with E-state index in [-0.39, 0.29) is 4.90 Å². The predicted octanol–water partition coefficient (Wildman–Crippen LogP) is 3.29. The third kappa shape index (κ3) is 3.07. The number of amides is 1. The molecule has 0 aromatic heterocycles. The van der Waals surface area contributed by atoms with Gasteiger partial charge in [-0.1, -0.05) is 0 Å².